The number of hydrogen-bond acceptors (Lipinski definition) is 4. The Kier molecular flexibility index (Phi) is 5.88. The fourth-order valence-corrected chi connectivity index (χ4v) is 3.34. The van der Waals surface area contributed by atoms with E-state index in [9.17, 15) is 18.0 Å². The zero-order valence-corrected chi connectivity index (χ0v) is 15.9. The van der Waals surface area contributed by atoms with Crippen LogP contribution >= 0.6 is 0 Å². The molecule has 0 N–H and O–H groups in total. The van der Waals surface area contributed by atoms with Gasteiger partial charge in [-0.05, 0) is 17.7 Å². The zero-order valence-electron chi connectivity index (χ0n) is 15.9. The number of aromatic nitrogens is 1. The summed E-state index contributed by atoms with van der Waals surface area (Å²) in [6.45, 7) is 2.40. The van der Waals surface area contributed by atoms with Gasteiger partial charge in [0.05, 0.1) is 5.56 Å². The molecule has 150 valence electrons. The van der Waals surface area contributed by atoms with Crippen molar-refractivity contribution >= 4 is 11.7 Å². The molecule has 3 rings (SSSR count). The molecule has 1 saturated heterocycles. The summed E-state index contributed by atoms with van der Waals surface area (Å²) in [5.41, 5.74) is 0.179. The fourth-order valence-electron chi connectivity index (χ4n) is 3.34. The van der Waals surface area contributed by atoms with Gasteiger partial charge in [-0.2, -0.15) is 13.2 Å². The summed E-state index contributed by atoms with van der Waals surface area (Å²) in [5.74, 6) is 0.523. The second-order valence-corrected chi connectivity index (χ2v) is 6.97. The van der Waals surface area contributed by atoms with Gasteiger partial charge in [0.2, 0.25) is 5.91 Å². The van der Waals surface area contributed by atoms with E-state index in [1.165, 1.54) is 6.07 Å². The third kappa shape index (κ3) is 4.44. The van der Waals surface area contributed by atoms with Crippen molar-refractivity contribution in [3.05, 3.63) is 59.8 Å². The summed E-state index contributed by atoms with van der Waals surface area (Å²) in [6.07, 6.45) is -3.52. The first-order valence-corrected chi connectivity index (χ1v) is 9.06. The second-order valence-electron chi connectivity index (χ2n) is 6.97. The highest BCUT2D eigenvalue weighted by molar-refractivity contribution is 5.83. The minimum atomic E-state index is -4.39. The quantitative estimate of drug-likeness (QED) is 0.802. The van der Waals surface area contributed by atoms with E-state index >= 15 is 0 Å². The molecule has 0 spiro atoms. The average molecular weight is 392 g/mol. The van der Waals surface area contributed by atoms with Gasteiger partial charge in [-0.25, -0.2) is 4.98 Å². The molecule has 28 heavy (non-hydrogen) atoms. The minimum Gasteiger partial charge on any atom is -0.354 e. The van der Waals surface area contributed by atoms with Gasteiger partial charge in [0.15, 0.2) is 0 Å². The number of nitrogens with zero attached hydrogens (tertiary/aromatic N) is 4. The monoisotopic (exact) mass is 392 g/mol. The van der Waals surface area contributed by atoms with E-state index in [2.05, 4.69) is 9.88 Å². The molecule has 5 nitrogen and oxygen atoms in total. The summed E-state index contributed by atoms with van der Waals surface area (Å²) in [4.78, 5) is 22.4. The number of halogens is 3. The molecule has 0 aliphatic carbocycles. The summed E-state index contributed by atoms with van der Waals surface area (Å²) < 4.78 is 38.1. The van der Waals surface area contributed by atoms with E-state index < -0.39 is 11.7 Å². The fraction of sp³-hybridized carbons (Fsp3) is 0.400. The molecular formula is C20H23F3N4O. The lowest BCUT2D eigenvalue weighted by molar-refractivity contribution is -0.138. The first-order valence-electron chi connectivity index (χ1n) is 9.06. The van der Waals surface area contributed by atoms with Crippen molar-refractivity contribution in [2.24, 2.45) is 0 Å². The van der Waals surface area contributed by atoms with Gasteiger partial charge < -0.3 is 9.80 Å². The van der Waals surface area contributed by atoms with E-state index in [0.29, 0.717) is 32.0 Å². The molecule has 2 aromatic rings. The molecule has 2 heterocycles. The maximum atomic E-state index is 12.8. The number of hydrogen-bond donors (Lipinski definition) is 0. The van der Waals surface area contributed by atoms with Gasteiger partial charge in [-0.15, -0.1) is 0 Å². The molecule has 0 bridgehead atoms. The van der Waals surface area contributed by atoms with Crippen molar-refractivity contribution in [2.75, 3.05) is 45.2 Å². The van der Waals surface area contributed by atoms with E-state index in [1.54, 1.807) is 19.0 Å². The van der Waals surface area contributed by atoms with Gasteiger partial charge >= 0.3 is 6.18 Å². The van der Waals surface area contributed by atoms with E-state index in [4.69, 9.17) is 0 Å². The third-order valence-electron chi connectivity index (χ3n) is 4.87. The van der Waals surface area contributed by atoms with Crippen LogP contribution in [-0.2, 0) is 11.0 Å². The molecule has 8 heteroatoms. The summed E-state index contributed by atoms with van der Waals surface area (Å²) in [5, 5.41) is 0. The van der Waals surface area contributed by atoms with E-state index in [0.717, 1.165) is 17.8 Å². The average Bonchev–Trinajstić information content (AvgIpc) is 2.69. The summed E-state index contributed by atoms with van der Waals surface area (Å²) in [7, 11) is 3.47. The predicted octanol–water partition coefficient (Wildman–Crippen LogP) is 3.05. The van der Waals surface area contributed by atoms with Crippen LogP contribution in [0.15, 0.2) is 48.7 Å². The number of anilines is 1. The minimum absolute atomic E-state index is 0.00676. The van der Waals surface area contributed by atoms with Crippen LogP contribution in [0.25, 0.3) is 0 Å². The molecule has 1 fully saturated rings. The van der Waals surface area contributed by atoms with Gasteiger partial charge in [-0.3, -0.25) is 9.69 Å². The number of benzene rings is 1. The van der Waals surface area contributed by atoms with E-state index in [-0.39, 0.29) is 11.9 Å². The SMILES string of the molecule is CN(C)C(=O)C(c1ccccc1)N1CCN(c2ccc(C(F)(F)F)cn2)CC1. The van der Waals surface area contributed by atoms with Crippen LogP contribution in [0.3, 0.4) is 0 Å². The van der Waals surface area contributed by atoms with E-state index in [1.807, 2.05) is 35.2 Å². The van der Waals surface area contributed by atoms with Crippen molar-refractivity contribution in [3.8, 4) is 0 Å². The molecule has 1 atom stereocenters. The highest BCUT2D eigenvalue weighted by atomic mass is 19.4. The standard InChI is InChI=1S/C20H23F3N4O/c1-25(2)19(28)18(15-6-4-3-5-7-15)27-12-10-26(11-13-27)17-9-8-16(14-24-17)20(21,22)23/h3-9,14,18H,10-13H2,1-2H3. The van der Waals surface area contributed by atoms with Crippen molar-refractivity contribution in [1.82, 2.24) is 14.8 Å². The Morgan fingerprint density at radius 2 is 1.68 bits per heavy atom. The van der Waals surface area contributed by atoms with Crippen molar-refractivity contribution in [1.29, 1.82) is 0 Å². The number of alkyl halides is 3. The molecule has 0 saturated carbocycles. The Morgan fingerprint density at radius 3 is 2.18 bits per heavy atom. The summed E-state index contributed by atoms with van der Waals surface area (Å²) >= 11 is 0. The maximum absolute atomic E-state index is 12.8. The third-order valence-corrected chi connectivity index (χ3v) is 4.87. The van der Waals surface area contributed by atoms with Gasteiger partial charge in [0.25, 0.3) is 0 Å². The van der Waals surface area contributed by atoms with Gasteiger partial charge in [0.1, 0.15) is 11.9 Å². The number of pyridine rings is 1. The highest BCUT2D eigenvalue weighted by Crippen LogP contribution is 2.30. The van der Waals surface area contributed by atoms with Gasteiger partial charge in [0, 0.05) is 46.5 Å². The van der Waals surface area contributed by atoms with Crippen LogP contribution < -0.4 is 4.90 Å². The van der Waals surface area contributed by atoms with Crippen molar-refractivity contribution < 1.29 is 18.0 Å². The lowest BCUT2D eigenvalue weighted by Gasteiger charge is -2.40. The molecule has 0 radical (unpaired) electrons. The smallest absolute Gasteiger partial charge is 0.354 e. The largest absolute Gasteiger partial charge is 0.417 e. The Bertz CT molecular complexity index is 785. The molecular weight excluding hydrogens is 369 g/mol. The molecule has 1 aliphatic heterocycles. The maximum Gasteiger partial charge on any atom is 0.417 e. The second kappa shape index (κ2) is 8.18. The number of carbonyl (C=O) groups excluding carboxylic acids is 1. The number of rotatable bonds is 4. The number of piperazine rings is 1. The highest BCUT2D eigenvalue weighted by Gasteiger charge is 2.33. The van der Waals surface area contributed by atoms with Crippen molar-refractivity contribution in [2.45, 2.75) is 12.2 Å². The van der Waals surface area contributed by atoms with Crippen molar-refractivity contribution in [3.63, 3.8) is 0 Å². The normalized spacial score (nSPS) is 16.7. The molecule has 1 amide bonds. The Balaban J connectivity index is 1.71. The first-order chi connectivity index (χ1) is 13.3. The van der Waals surface area contributed by atoms with Crippen LogP contribution in [0.2, 0.25) is 0 Å². The molecule has 1 unspecified atom stereocenters. The Labute approximate surface area is 162 Å². The molecule has 1 aromatic heterocycles. The van der Waals surface area contributed by atoms with Gasteiger partial charge in [-0.1, -0.05) is 30.3 Å². The number of amides is 1. The lowest BCUT2D eigenvalue weighted by Crippen LogP contribution is -2.51. The molecule has 1 aliphatic rings. The van der Waals surface area contributed by atoms with Crippen LogP contribution in [0, 0.1) is 0 Å². The van der Waals surface area contributed by atoms with Crippen LogP contribution in [0.5, 0.6) is 0 Å². The van der Waals surface area contributed by atoms with Crippen LogP contribution in [0.4, 0.5) is 19.0 Å². The zero-order chi connectivity index (χ0) is 20.3. The van der Waals surface area contributed by atoms with Crippen LogP contribution in [0.1, 0.15) is 17.2 Å². The molecule has 1 aromatic carbocycles. The Morgan fingerprint density at radius 1 is 1.04 bits per heavy atom. The number of carbonyl (C=O) groups is 1. The van der Waals surface area contributed by atoms with Crippen LogP contribution in [-0.4, -0.2) is 61.0 Å². The first kappa shape index (κ1) is 20.1. The summed E-state index contributed by atoms with van der Waals surface area (Å²) in [6, 6.07) is 11.7. The predicted molar refractivity (Wildman–Crippen MR) is 101 cm³/mol. The number of likely N-dealkylation sites (N-methyl/N-ethyl adjacent to an activating group) is 1. The topological polar surface area (TPSA) is 39.7 Å². The lowest BCUT2D eigenvalue weighted by atomic mass is 10.0. The Hall–Kier alpha value is -2.61.